The van der Waals surface area contributed by atoms with E-state index in [0.29, 0.717) is 29.4 Å². The van der Waals surface area contributed by atoms with E-state index in [1.54, 1.807) is 35.2 Å². The third-order valence-electron chi connectivity index (χ3n) is 4.56. The molecule has 2 heterocycles. The molecule has 176 valence electrons. The van der Waals surface area contributed by atoms with Crippen LogP contribution >= 0.6 is 19.2 Å². The second kappa shape index (κ2) is 10.2. The Morgan fingerprint density at radius 3 is 2.66 bits per heavy atom. The summed E-state index contributed by atoms with van der Waals surface area (Å²) in [5, 5.41) is 2.93. The maximum Gasteiger partial charge on any atom is 0.399 e. The molecule has 0 bridgehead atoms. The van der Waals surface area contributed by atoms with Crippen molar-refractivity contribution in [2.75, 3.05) is 25.1 Å². The number of nitrogens with one attached hydrogen (secondary N) is 1. The van der Waals surface area contributed by atoms with Gasteiger partial charge in [-0.3, -0.25) is 4.57 Å². The maximum atomic E-state index is 14.6. The van der Waals surface area contributed by atoms with Crippen LogP contribution in [-0.4, -0.2) is 41.0 Å². The fraction of sp³-hybridized carbons (Fsp3) is 0.474. The van der Waals surface area contributed by atoms with Crippen molar-refractivity contribution >= 4 is 31.0 Å². The summed E-state index contributed by atoms with van der Waals surface area (Å²) in [6.07, 6.45) is 0.744. The van der Waals surface area contributed by atoms with Gasteiger partial charge >= 0.3 is 13.3 Å². The summed E-state index contributed by atoms with van der Waals surface area (Å²) in [6.45, 7) is 2.57. The fourth-order valence-electron chi connectivity index (χ4n) is 3.11. The summed E-state index contributed by atoms with van der Waals surface area (Å²) in [4.78, 5) is 8.27. The number of rotatable bonds is 11. The molecule has 1 aromatic carbocycles. The van der Waals surface area contributed by atoms with Gasteiger partial charge in [0.15, 0.2) is 11.5 Å². The second-order valence-electron chi connectivity index (χ2n) is 6.79. The Labute approximate surface area is 189 Å². The van der Waals surface area contributed by atoms with Crippen molar-refractivity contribution in [3.63, 3.8) is 0 Å². The third-order valence-corrected chi connectivity index (χ3v) is 7.09. The lowest BCUT2D eigenvalue weighted by Crippen LogP contribution is -2.28. The number of nitrogens with two attached hydrogens (primary N) is 1. The number of hydrogen-bond acceptors (Lipinski definition) is 8. The number of guanidine groups is 1. The molecular weight excluding hydrogens is 467 g/mol. The molecule has 3 rings (SSSR count). The van der Waals surface area contributed by atoms with Gasteiger partial charge < -0.3 is 29.4 Å². The maximum absolute atomic E-state index is 14.6. The molecule has 1 atom stereocenters. The molecule has 32 heavy (non-hydrogen) atoms. The van der Waals surface area contributed by atoms with Crippen LogP contribution in [0.3, 0.4) is 0 Å². The zero-order valence-electron chi connectivity index (χ0n) is 17.6. The van der Waals surface area contributed by atoms with E-state index in [9.17, 15) is 13.3 Å². The third kappa shape index (κ3) is 5.23. The molecule has 0 radical (unpaired) electrons. The van der Waals surface area contributed by atoms with E-state index in [1.807, 2.05) is 0 Å². The number of halogens is 3. The first-order valence-corrected chi connectivity index (χ1v) is 12.0. The highest BCUT2D eigenvalue weighted by atomic mass is 35.5. The van der Waals surface area contributed by atoms with Crippen molar-refractivity contribution in [3.05, 3.63) is 41.9 Å². The Morgan fingerprint density at radius 2 is 1.97 bits per heavy atom. The minimum Gasteiger partial charge on any atom is -0.493 e. The molecule has 0 saturated heterocycles. The van der Waals surface area contributed by atoms with Crippen molar-refractivity contribution in [1.29, 1.82) is 0 Å². The zero-order valence-corrected chi connectivity index (χ0v) is 19.3. The smallest absolute Gasteiger partial charge is 0.399 e. The molecule has 0 aliphatic carbocycles. The molecule has 0 fully saturated rings. The van der Waals surface area contributed by atoms with Crippen LogP contribution in [0.5, 0.6) is 5.75 Å². The van der Waals surface area contributed by atoms with E-state index in [2.05, 4.69) is 15.3 Å². The standard InChI is InChI=1S/C19H25ClF2N5O4P/c1-3-30-32(28,31-4-2)19(21,22)9-10-29-14-8-6-5-7-13(14)11-27-12-24-15-16(20)25-18(23)26-17(15)27/h5-8,12,16H,3-4,9-11H2,1-2H3,(H3,23,25,26). The summed E-state index contributed by atoms with van der Waals surface area (Å²) in [6, 6.07) is 6.98. The van der Waals surface area contributed by atoms with E-state index in [1.165, 1.54) is 13.8 Å². The average molecular weight is 492 g/mol. The van der Waals surface area contributed by atoms with Crippen molar-refractivity contribution < 1.29 is 27.1 Å². The Bertz CT molecular complexity index is 1010. The van der Waals surface area contributed by atoms with Gasteiger partial charge in [0, 0.05) is 5.56 Å². The van der Waals surface area contributed by atoms with Gasteiger partial charge in [-0.1, -0.05) is 29.8 Å². The molecule has 3 N–H and O–H groups in total. The number of aromatic nitrogens is 2. The minimum atomic E-state index is -4.60. The monoisotopic (exact) mass is 491 g/mol. The van der Waals surface area contributed by atoms with E-state index in [4.69, 9.17) is 31.1 Å². The minimum absolute atomic E-state index is 0.155. The van der Waals surface area contributed by atoms with Crippen LogP contribution in [0, 0.1) is 0 Å². The summed E-state index contributed by atoms with van der Waals surface area (Å²) in [5.74, 6) is 1.15. The molecule has 1 aliphatic heterocycles. The number of ether oxygens (including phenoxy) is 1. The van der Waals surface area contributed by atoms with Crippen LogP contribution in [0.25, 0.3) is 0 Å². The number of anilines is 1. The normalized spacial score (nSPS) is 16.3. The van der Waals surface area contributed by atoms with Crippen LogP contribution in [0.1, 0.15) is 37.0 Å². The number of aliphatic imine (C=N–C) groups is 1. The molecular formula is C19H25ClF2N5O4P. The molecule has 9 nitrogen and oxygen atoms in total. The van der Waals surface area contributed by atoms with Crippen molar-refractivity contribution in [3.8, 4) is 5.75 Å². The molecule has 13 heteroatoms. The van der Waals surface area contributed by atoms with E-state index >= 15 is 0 Å². The van der Waals surface area contributed by atoms with Gasteiger partial charge in [0.25, 0.3) is 0 Å². The average Bonchev–Trinajstić information content (AvgIpc) is 3.12. The largest absolute Gasteiger partial charge is 0.493 e. The van der Waals surface area contributed by atoms with E-state index < -0.39 is 31.8 Å². The number of benzene rings is 1. The lowest BCUT2D eigenvalue weighted by molar-refractivity contribution is 0.0207. The van der Waals surface area contributed by atoms with E-state index in [-0.39, 0.29) is 19.2 Å². The molecule has 0 spiro atoms. The number of fused-ring (bicyclic) bond motifs is 1. The number of nitrogens with zero attached hydrogens (tertiary/aromatic N) is 3. The van der Waals surface area contributed by atoms with Gasteiger partial charge in [0.05, 0.1) is 39.1 Å². The zero-order chi connectivity index (χ0) is 23.4. The van der Waals surface area contributed by atoms with Gasteiger partial charge in [0.2, 0.25) is 0 Å². The summed E-state index contributed by atoms with van der Waals surface area (Å²) >= 11 is 6.16. The van der Waals surface area contributed by atoms with Crippen molar-refractivity contribution in [2.24, 2.45) is 10.7 Å². The first-order valence-electron chi connectivity index (χ1n) is 9.98. The Kier molecular flexibility index (Phi) is 7.76. The highest BCUT2D eigenvalue weighted by Crippen LogP contribution is 2.63. The second-order valence-corrected chi connectivity index (χ2v) is 9.37. The molecule has 2 aromatic rings. The van der Waals surface area contributed by atoms with Gasteiger partial charge in [-0.2, -0.15) is 8.78 Å². The SMILES string of the molecule is CCOP(=O)(OCC)C(F)(F)CCOc1ccccc1Cn1cnc2c1NC(N)=NC2Cl. The van der Waals surface area contributed by atoms with Crippen LogP contribution in [0.2, 0.25) is 0 Å². The Hall–Kier alpha value is -2.20. The summed E-state index contributed by atoms with van der Waals surface area (Å²) < 4.78 is 58.5. The quantitative estimate of drug-likeness (QED) is 0.269. The number of alkyl halides is 3. The summed E-state index contributed by atoms with van der Waals surface area (Å²) in [5.41, 5.74) is 2.60. The van der Waals surface area contributed by atoms with Gasteiger partial charge in [-0.05, 0) is 19.9 Å². The lowest BCUT2D eigenvalue weighted by atomic mass is 10.2. The van der Waals surface area contributed by atoms with Gasteiger partial charge in [-0.25, -0.2) is 9.98 Å². The highest BCUT2D eigenvalue weighted by Gasteiger charge is 2.53. The molecule has 1 aromatic heterocycles. The van der Waals surface area contributed by atoms with Crippen molar-refractivity contribution in [2.45, 2.75) is 38.0 Å². The first kappa shape index (κ1) is 24.4. The molecule has 1 unspecified atom stereocenters. The lowest BCUT2D eigenvalue weighted by Gasteiger charge is -2.25. The topological polar surface area (TPSA) is 113 Å². The number of imidazole rings is 1. The van der Waals surface area contributed by atoms with Crippen LogP contribution in [0.15, 0.2) is 35.6 Å². The summed E-state index contributed by atoms with van der Waals surface area (Å²) in [7, 11) is -4.60. The van der Waals surface area contributed by atoms with Gasteiger partial charge in [-0.15, -0.1) is 0 Å². The predicted octanol–water partition coefficient (Wildman–Crippen LogP) is 4.54. The Morgan fingerprint density at radius 1 is 1.28 bits per heavy atom. The number of hydrogen-bond donors (Lipinski definition) is 2. The van der Waals surface area contributed by atoms with E-state index in [0.717, 1.165) is 0 Å². The van der Waals surface area contributed by atoms with Crippen LogP contribution < -0.4 is 15.8 Å². The molecule has 1 aliphatic rings. The molecule has 0 saturated carbocycles. The fourth-order valence-corrected chi connectivity index (χ4v) is 4.87. The molecule has 0 amide bonds. The van der Waals surface area contributed by atoms with Gasteiger partial charge in [0.1, 0.15) is 17.3 Å². The van der Waals surface area contributed by atoms with Crippen molar-refractivity contribution in [1.82, 2.24) is 9.55 Å². The predicted molar refractivity (Wildman–Crippen MR) is 118 cm³/mol. The van der Waals surface area contributed by atoms with Crippen LogP contribution in [-0.2, 0) is 20.2 Å². The van der Waals surface area contributed by atoms with Crippen LogP contribution in [0.4, 0.5) is 14.6 Å². The first-order chi connectivity index (χ1) is 15.2. The number of para-hydroxylation sites is 1. The Balaban J connectivity index is 1.70. The highest BCUT2D eigenvalue weighted by molar-refractivity contribution is 7.55.